The van der Waals surface area contributed by atoms with E-state index in [-0.39, 0.29) is 18.3 Å². The lowest BCUT2D eigenvalue weighted by molar-refractivity contribution is -0.138. The molecule has 1 aliphatic rings. The van der Waals surface area contributed by atoms with Gasteiger partial charge in [0.15, 0.2) is 0 Å². The quantitative estimate of drug-likeness (QED) is 0.297. The fourth-order valence-corrected chi connectivity index (χ4v) is 4.97. The molecule has 204 valence electrons. The van der Waals surface area contributed by atoms with Gasteiger partial charge in [0.05, 0.1) is 46.9 Å². The molecule has 1 atom stereocenters. The van der Waals surface area contributed by atoms with Gasteiger partial charge in [-0.15, -0.1) is 0 Å². The first kappa shape index (κ1) is 26.7. The molecule has 0 amide bonds. The second-order valence-electron chi connectivity index (χ2n) is 9.60. The lowest BCUT2D eigenvalue weighted by Gasteiger charge is -2.23. The van der Waals surface area contributed by atoms with Crippen LogP contribution in [0.15, 0.2) is 76.9 Å². The SMILES string of the molecule is CCOC(=O)C1=C(C)N=c2[nH]c(=Cc3ccc(-c4cccc(C(=O)OCC)c4)[nH]3)c(O)c2C1c1ccc(C)cc1. The number of allylic oxidation sites excluding steroid dienone is 1. The highest BCUT2D eigenvalue weighted by Crippen LogP contribution is 2.38. The number of hydrogen-bond acceptors (Lipinski definition) is 6. The largest absolute Gasteiger partial charge is 0.505 e. The Morgan fingerprint density at radius 1 is 0.950 bits per heavy atom. The van der Waals surface area contributed by atoms with Gasteiger partial charge >= 0.3 is 11.9 Å². The minimum Gasteiger partial charge on any atom is -0.505 e. The zero-order valence-corrected chi connectivity index (χ0v) is 22.9. The summed E-state index contributed by atoms with van der Waals surface area (Å²) in [5.74, 6) is -1.36. The smallest absolute Gasteiger partial charge is 0.338 e. The summed E-state index contributed by atoms with van der Waals surface area (Å²) in [4.78, 5) is 36.4. The van der Waals surface area contributed by atoms with E-state index in [1.54, 1.807) is 45.0 Å². The number of H-pyrrole nitrogens is 2. The zero-order valence-electron chi connectivity index (χ0n) is 22.9. The number of hydrogen-bond donors (Lipinski definition) is 3. The monoisotopic (exact) mass is 537 g/mol. The van der Waals surface area contributed by atoms with Gasteiger partial charge in [0, 0.05) is 11.4 Å². The van der Waals surface area contributed by atoms with Crippen LogP contribution in [0.3, 0.4) is 0 Å². The number of carbonyl (C=O) groups excluding carboxylic acids is 2. The summed E-state index contributed by atoms with van der Waals surface area (Å²) < 4.78 is 10.5. The van der Waals surface area contributed by atoms with Crippen LogP contribution in [0.5, 0.6) is 5.75 Å². The summed E-state index contributed by atoms with van der Waals surface area (Å²) in [7, 11) is 0. The van der Waals surface area contributed by atoms with E-state index in [4.69, 9.17) is 9.47 Å². The molecule has 8 nitrogen and oxygen atoms in total. The second-order valence-corrected chi connectivity index (χ2v) is 9.60. The third-order valence-electron chi connectivity index (χ3n) is 6.86. The fraction of sp³-hybridized carbons (Fsp3) is 0.219. The lowest BCUT2D eigenvalue weighted by atomic mass is 9.83. The lowest BCUT2D eigenvalue weighted by Crippen LogP contribution is -2.26. The number of carbonyl (C=O) groups is 2. The van der Waals surface area contributed by atoms with Crippen LogP contribution in [0.1, 0.15) is 59.4 Å². The molecule has 1 unspecified atom stereocenters. The third-order valence-corrected chi connectivity index (χ3v) is 6.86. The zero-order chi connectivity index (χ0) is 28.4. The number of esters is 2. The van der Waals surface area contributed by atoms with Crippen LogP contribution in [0, 0.1) is 6.92 Å². The van der Waals surface area contributed by atoms with Crippen molar-refractivity contribution in [2.45, 2.75) is 33.6 Å². The Morgan fingerprint density at radius 2 is 1.68 bits per heavy atom. The van der Waals surface area contributed by atoms with Crippen molar-refractivity contribution >= 4 is 18.0 Å². The van der Waals surface area contributed by atoms with Gasteiger partial charge in [0.1, 0.15) is 11.2 Å². The summed E-state index contributed by atoms with van der Waals surface area (Å²) in [6, 6.07) is 18.9. The number of ether oxygens (including phenoxy) is 2. The van der Waals surface area contributed by atoms with Crippen molar-refractivity contribution in [1.29, 1.82) is 0 Å². The van der Waals surface area contributed by atoms with Crippen LogP contribution in [0.4, 0.5) is 0 Å². The van der Waals surface area contributed by atoms with Crippen LogP contribution in [0.25, 0.3) is 17.3 Å². The maximum Gasteiger partial charge on any atom is 0.338 e. The number of aromatic nitrogens is 2. The van der Waals surface area contributed by atoms with Gasteiger partial charge in [-0.05, 0) is 69.2 Å². The number of aromatic hydroxyl groups is 1. The average molecular weight is 538 g/mol. The van der Waals surface area contributed by atoms with E-state index in [1.807, 2.05) is 49.4 Å². The van der Waals surface area contributed by atoms with E-state index < -0.39 is 11.9 Å². The number of rotatable bonds is 7. The van der Waals surface area contributed by atoms with Crippen LogP contribution in [-0.2, 0) is 14.3 Å². The van der Waals surface area contributed by atoms with E-state index in [0.717, 1.165) is 28.1 Å². The minimum absolute atomic E-state index is 0.0130. The van der Waals surface area contributed by atoms with Crippen molar-refractivity contribution in [3.8, 4) is 17.0 Å². The molecule has 1 aliphatic heterocycles. The molecule has 2 aromatic heterocycles. The fourth-order valence-electron chi connectivity index (χ4n) is 4.97. The minimum atomic E-state index is -0.546. The predicted molar refractivity (Wildman–Crippen MR) is 151 cm³/mol. The van der Waals surface area contributed by atoms with Crippen LogP contribution < -0.4 is 10.8 Å². The molecule has 4 aromatic rings. The molecular formula is C32H31N3O5. The highest BCUT2D eigenvalue weighted by molar-refractivity contribution is 5.93. The Kier molecular flexibility index (Phi) is 7.42. The standard InChI is InChI=1S/C32H31N3O5/c1-5-39-31(37)22-9-7-8-21(16-22)24-15-14-23(34-24)17-25-29(36)28-27(20-12-10-18(3)11-13-20)26(32(38)40-6-2)19(4)33-30(28)35-25/h7-17,27,34,36H,5-6H2,1-4H3,(H,33,35). The van der Waals surface area contributed by atoms with Crippen LogP contribution >= 0.6 is 0 Å². The molecule has 8 heteroatoms. The Morgan fingerprint density at radius 3 is 2.40 bits per heavy atom. The summed E-state index contributed by atoms with van der Waals surface area (Å²) in [5, 5.41) is 11.9. The molecule has 2 aromatic carbocycles. The molecule has 40 heavy (non-hydrogen) atoms. The molecule has 0 bridgehead atoms. The maximum absolute atomic E-state index is 13.0. The van der Waals surface area contributed by atoms with Gasteiger partial charge in [-0.3, -0.25) is 0 Å². The Bertz CT molecular complexity index is 1740. The molecule has 0 radical (unpaired) electrons. The van der Waals surface area contributed by atoms with Crippen molar-refractivity contribution in [3.05, 3.63) is 111 Å². The molecular weight excluding hydrogens is 506 g/mol. The normalized spacial score (nSPS) is 15.0. The number of fused-ring (bicyclic) bond motifs is 1. The van der Waals surface area contributed by atoms with Gasteiger partial charge < -0.3 is 24.5 Å². The van der Waals surface area contributed by atoms with Gasteiger partial charge in [-0.1, -0.05) is 42.0 Å². The Labute approximate surface area is 231 Å². The van der Waals surface area contributed by atoms with Gasteiger partial charge in [-0.2, -0.15) is 0 Å². The number of aromatic amines is 2. The van der Waals surface area contributed by atoms with E-state index in [0.29, 0.717) is 39.8 Å². The van der Waals surface area contributed by atoms with Crippen molar-refractivity contribution in [2.24, 2.45) is 4.99 Å². The third kappa shape index (κ3) is 5.08. The molecule has 0 spiro atoms. The number of aryl methyl sites for hydroxylation is 1. The molecule has 0 saturated heterocycles. The molecule has 3 heterocycles. The molecule has 5 rings (SSSR count). The first-order valence-electron chi connectivity index (χ1n) is 13.2. The van der Waals surface area contributed by atoms with E-state index >= 15 is 0 Å². The van der Waals surface area contributed by atoms with Crippen molar-refractivity contribution in [3.63, 3.8) is 0 Å². The van der Waals surface area contributed by atoms with Crippen molar-refractivity contribution in [1.82, 2.24) is 9.97 Å². The molecule has 0 aliphatic carbocycles. The average Bonchev–Trinajstić information content (AvgIpc) is 3.53. The number of nitrogens with zero attached hydrogens (tertiary/aromatic N) is 1. The van der Waals surface area contributed by atoms with E-state index in [9.17, 15) is 14.7 Å². The summed E-state index contributed by atoms with van der Waals surface area (Å²) in [5.41, 5.74) is 6.73. The van der Waals surface area contributed by atoms with E-state index in [1.165, 1.54) is 0 Å². The van der Waals surface area contributed by atoms with Crippen molar-refractivity contribution < 1.29 is 24.2 Å². The Hall–Kier alpha value is -4.85. The molecule has 0 saturated carbocycles. The highest BCUT2D eigenvalue weighted by Gasteiger charge is 2.35. The summed E-state index contributed by atoms with van der Waals surface area (Å²) in [6.07, 6.45) is 1.79. The summed E-state index contributed by atoms with van der Waals surface area (Å²) >= 11 is 0. The number of nitrogens with one attached hydrogen (secondary N) is 2. The van der Waals surface area contributed by atoms with Crippen LogP contribution in [-0.4, -0.2) is 40.2 Å². The van der Waals surface area contributed by atoms with Gasteiger partial charge in [0.2, 0.25) is 0 Å². The van der Waals surface area contributed by atoms with Crippen LogP contribution in [0.2, 0.25) is 0 Å². The molecule has 0 fully saturated rings. The maximum atomic E-state index is 13.0. The first-order valence-corrected chi connectivity index (χ1v) is 13.2. The van der Waals surface area contributed by atoms with Gasteiger partial charge in [0.25, 0.3) is 0 Å². The van der Waals surface area contributed by atoms with Gasteiger partial charge in [-0.25, -0.2) is 14.6 Å². The van der Waals surface area contributed by atoms with E-state index in [2.05, 4.69) is 15.0 Å². The van der Waals surface area contributed by atoms with Crippen molar-refractivity contribution in [2.75, 3.05) is 13.2 Å². The predicted octanol–water partition coefficient (Wildman–Crippen LogP) is 4.63. The second kappa shape index (κ2) is 11.1. The topological polar surface area (TPSA) is 117 Å². The highest BCUT2D eigenvalue weighted by atomic mass is 16.5. The Balaban J connectivity index is 1.57. The molecule has 3 N–H and O–H groups in total. The number of benzene rings is 2. The first-order chi connectivity index (χ1) is 19.3. The summed E-state index contributed by atoms with van der Waals surface area (Å²) in [6.45, 7) is 7.85.